The van der Waals surface area contributed by atoms with Gasteiger partial charge in [-0.05, 0) is 29.8 Å². The van der Waals surface area contributed by atoms with E-state index in [1.54, 1.807) is 53.6 Å². The summed E-state index contributed by atoms with van der Waals surface area (Å²) in [6.07, 6.45) is 8.38. The minimum atomic E-state index is -0.310. The van der Waals surface area contributed by atoms with E-state index in [2.05, 4.69) is 30.7 Å². The third kappa shape index (κ3) is 3.34. The second-order valence-corrected chi connectivity index (χ2v) is 5.52. The summed E-state index contributed by atoms with van der Waals surface area (Å²) in [7, 11) is 0. The lowest BCUT2D eigenvalue weighted by Crippen LogP contribution is -2.13. The molecule has 0 aliphatic heterocycles. The number of carbonyl (C=O) groups excluding carboxylic acids is 1. The number of aromatic nitrogens is 5. The maximum Gasteiger partial charge on any atom is 0.262 e. The smallest absolute Gasteiger partial charge is 0.262 e. The molecule has 8 nitrogen and oxygen atoms in total. The molecular formula is C18H15N7O. The van der Waals surface area contributed by atoms with E-state index >= 15 is 0 Å². The Balaban J connectivity index is 1.55. The Morgan fingerprint density at radius 2 is 2.00 bits per heavy atom. The highest BCUT2D eigenvalue weighted by Gasteiger charge is 2.15. The molecule has 4 heterocycles. The minimum absolute atomic E-state index is 0.310. The predicted octanol–water partition coefficient (Wildman–Crippen LogP) is 2.38. The van der Waals surface area contributed by atoms with Crippen LogP contribution in [-0.2, 0) is 6.54 Å². The number of hydrogen-bond donors (Lipinski definition) is 2. The van der Waals surface area contributed by atoms with Crippen molar-refractivity contribution in [2.24, 2.45) is 0 Å². The van der Waals surface area contributed by atoms with Crippen LogP contribution in [0.15, 0.2) is 67.4 Å². The van der Waals surface area contributed by atoms with Crippen molar-refractivity contribution in [2.45, 2.75) is 6.54 Å². The van der Waals surface area contributed by atoms with Gasteiger partial charge in [-0.25, -0.2) is 14.5 Å². The van der Waals surface area contributed by atoms with Gasteiger partial charge < -0.3 is 10.6 Å². The van der Waals surface area contributed by atoms with Crippen molar-refractivity contribution >= 4 is 23.2 Å². The van der Waals surface area contributed by atoms with Crippen molar-refractivity contribution in [3.63, 3.8) is 0 Å². The lowest BCUT2D eigenvalue weighted by Gasteiger charge is -2.06. The van der Waals surface area contributed by atoms with Gasteiger partial charge in [0, 0.05) is 31.3 Å². The summed E-state index contributed by atoms with van der Waals surface area (Å²) in [5.41, 5.74) is 1.88. The molecule has 4 rings (SSSR count). The Morgan fingerprint density at radius 1 is 1.04 bits per heavy atom. The number of fused-ring (bicyclic) bond motifs is 1. The van der Waals surface area contributed by atoms with Crippen molar-refractivity contribution in [1.82, 2.24) is 24.6 Å². The summed E-state index contributed by atoms with van der Waals surface area (Å²) in [6.45, 7) is 0.584. The summed E-state index contributed by atoms with van der Waals surface area (Å²) >= 11 is 0. The second kappa shape index (κ2) is 6.98. The number of rotatable bonds is 5. The molecule has 26 heavy (non-hydrogen) atoms. The van der Waals surface area contributed by atoms with Gasteiger partial charge in [0.1, 0.15) is 17.2 Å². The van der Waals surface area contributed by atoms with E-state index in [0.29, 0.717) is 29.4 Å². The molecule has 0 aliphatic carbocycles. The zero-order valence-corrected chi connectivity index (χ0v) is 13.7. The third-order valence-corrected chi connectivity index (χ3v) is 3.72. The fourth-order valence-corrected chi connectivity index (χ4v) is 2.44. The molecule has 2 N–H and O–H groups in total. The van der Waals surface area contributed by atoms with Gasteiger partial charge >= 0.3 is 0 Å². The maximum absolute atomic E-state index is 12.5. The van der Waals surface area contributed by atoms with Crippen molar-refractivity contribution in [3.05, 3.63) is 78.5 Å². The highest BCUT2D eigenvalue weighted by Crippen LogP contribution is 2.14. The van der Waals surface area contributed by atoms with E-state index < -0.39 is 0 Å². The fraction of sp³-hybridized carbons (Fsp3) is 0.0556. The topological polar surface area (TPSA) is 97.1 Å². The molecule has 1 amide bonds. The number of nitrogens with one attached hydrogen (secondary N) is 2. The Hall–Kier alpha value is -3.81. The van der Waals surface area contributed by atoms with Gasteiger partial charge in [0.05, 0.1) is 6.20 Å². The standard InChI is InChI=1S/C18H15N7O/c26-18(24-15-5-1-2-8-20-15)14-12-22-25-9-6-16(23-17(14)25)21-11-13-4-3-7-19-10-13/h1-10,12H,11H2,(H,21,23)(H,20,24,26). The van der Waals surface area contributed by atoms with Gasteiger partial charge in [0.15, 0.2) is 5.65 Å². The van der Waals surface area contributed by atoms with E-state index in [-0.39, 0.29) is 5.91 Å². The summed E-state index contributed by atoms with van der Waals surface area (Å²) in [4.78, 5) is 25.2. The number of anilines is 2. The number of hydrogen-bond acceptors (Lipinski definition) is 6. The molecule has 0 saturated carbocycles. The number of nitrogens with zero attached hydrogens (tertiary/aromatic N) is 5. The molecule has 0 saturated heterocycles. The summed E-state index contributed by atoms with van der Waals surface area (Å²) in [5.74, 6) is 0.812. The molecule has 8 heteroatoms. The number of pyridine rings is 2. The van der Waals surface area contributed by atoms with Crippen molar-refractivity contribution in [3.8, 4) is 0 Å². The summed E-state index contributed by atoms with van der Waals surface area (Å²) < 4.78 is 1.56. The average molecular weight is 345 g/mol. The largest absolute Gasteiger partial charge is 0.366 e. The molecule has 0 radical (unpaired) electrons. The van der Waals surface area contributed by atoms with Gasteiger partial charge in [0.2, 0.25) is 0 Å². The van der Waals surface area contributed by atoms with E-state index in [4.69, 9.17) is 0 Å². The lowest BCUT2D eigenvalue weighted by molar-refractivity contribution is 0.102. The van der Waals surface area contributed by atoms with Crippen LogP contribution in [0.5, 0.6) is 0 Å². The summed E-state index contributed by atoms with van der Waals surface area (Å²) in [5, 5.41) is 10.1. The van der Waals surface area contributed by atoms with Crippen LogP contribution in [0, 0.1) is 0 Å². The van der Waals surface area contributed by atoms with Crippen molar-refractivity contribution in [2.75, 3.05) is 10.6 Å². The molecule has 0 aliphatic rings. The molecule has 128 valence electrons. The zero-order valence-electron chi connectivity index (χ0n) is 13.7. The summed E-state index contributed by atoms with van der Waals surface area (Å²) in [6, 6.07) is 11.0. The predicted molar refractivity (Wildman–Crippen MR) is 96.7 cm³/mol. The lowest BCUT2D eigenvalue weighted by atomic mass is 10.3. The molecule has 0 aromatic carbocycles. The molecule has 0 spiro atoms. The molecule has 4 aromatic rings. The van der Waals surface area contributed by atoms with Gasteiger partial charge in [-0.3, -0.25) is 9.78 Å². The first-order valence-electron chi connectivity index (χ1n) is 7.99. The van der Waals surface area contributed by atoms with Gasteiger partial charge in [0.25, 0.3) is 5.91 Å². The van der Waals surface area contributed by atoms with Crippen LogP contribution >= 0.6 is 0 Å². The van der Waals surface area contributed by atoms with Gasteiger partial charge in [-0.1, -0.05) is 12.1 Å². The number of amides is 1. The molecule has 0 bridgehead atoms. The van der Waals surface area contributed by atoms with Gasteiger partial charge in [-0.2, -0.15) is 5.10 Å². The first-order valence-corrected chi connectivity index (χ1v) is 7.99. The Bertz CT molecular complexity index is 1030. The Labute approximate surface area is 149 Å². The average Bonchev–Trinajstić information content (AvgIpc) is 3.11. The highest BCUT2D eigenvalue weighted by atomic mass is 16.1. The van der Waals surface area contributed by atoms with Crippen LogP contribution in [0.3, 0.4) is 0 Å². The third-order valence-electron chi connectivity index (χ3n) is 3.72. The van der Waals surface area contributed by atoms with Crippen LogP contribution in [0.25, 0.3) is 5.65 Å². The monoisotopic (exact) mass is 345 g/mol. The van der Waals surface area contributed by atoms with E-state index in [1.165, 1.54) is 6.20 Å². The van der Waals surface area contributed by atoms with Crippen LogP contribution in [-0.4, -0.2) is 30.5 Å². The minimum Gasteiger partial charge on any atom is -0.366 e. The zero-order chi connectivity index (χ0) is 17.8. The second-order valence-electron chi connectivity index (χ2n) is 5.52. The van der Waals surface area contributed by atoms with Crippen LogP contribution in [0.1, 0.15) is 15.9 Å². The van der Waals surface area contributed by atoms with E-state index in [0.717, 1.165) is 5.56 Å². The molecular weight excluding hydrogens is 330 g/mol. The molecule has 0 atom stereocenters. The van der Waals surface area contributed by atoms with E-state index in [1.807, 2.05) is 12.1 Å². The number of carbonyl (C=O) groups is 1. The van der Waals surface area contributed by atoms with Crippen LogP contribution < -0.4 is 10.6 Å². The van der Waals surface area contributed by atoms with Crippen molar-refractivity contribution in [1.29, 1.82) is 0 Å². The first-order chi connectivity index (χ1) is 12.8. The quantitative estimate of drug-likeness (QED) is 0.576. The Kier molecular flexibility index (Phi) is 4.21. The molecule has 4 aromatic heterocycles. The van der Waals surface area contributed by atoms with Crippen LogP contribution in [0.2, 0.25) is 0 Å². The Morgan fingerprint density at radius 3 is 2.81 bits per heavy atom. The SMILES string of the molecule is O=C(Nc1ccccn1)c1cnn2ccc(NCc3cccnc3)nc12. The highest BCUT2D eigenvalue weighted by molar-refractivity contribution is 6.07. The van der Waals surface area contributed by atoms with Crippen LogP contribution in [0.4, 0.5) is 11.6 Å². The van der Waals surface area contributed by atoms with E-state index in [9.17, 15) is 4.79 Å². The maximum atomic E-state index is 12.5. The fourth-order valence-electron chi connectivity index (χ4n) is 2.44. The normalized spacial score (nSPS) is 10.6. The molecule has 0 fully saturated rings. The molecule has 0 unspecified atom stereocenters. The first kappa shape index (κ1) is 15.7. The van der Waals surface area contributed by atoms with Gasteiger partial charge in [-0.15, -0.1) is 0 Å². The van der Waals surface area contributed by atoms with Crippen molar-refractivity contribution < 1.29 is 4.79 Å².